The third-order valence-corrected chi connectivity index (χ3v) is 6.42. The molecule has 0 aromatic carbocycles. The van der Waals surface area contributed by atoms with Crippen molar-refractivity contribution in [3.8, 4) is 0 Å². The molecule has 3 aromatic rings. The molecule has 1 fully saturated rings. The summed E-state index contributed by atoms with van der Waals surface area (Å²) in [7, 11) is 1.62. The maximum atomic E-state index is 12.7. The van der Waals surface area contributed by atoms with Crippen LogP contribution in [0.1, 0.15) is 21.1 Å². The van der Waals surface area contributed by atoms with Crippen molar-refractivity contribution in [1.29, 1.82) is 0 Å². The van der Waals surface area contributed by atoms with Gasteiger partial charge in [-0.05, 0) is 31.5 Å². The number of ether oxygens (including phenoxy) is 1. The van der Waals surface area contributed by atoms with Gasteiger partial charge >= 0.3 is 0 Å². The molecule has 0 radical (unpaired) electrons. The van der Waals surface area contributed by atoms with E-state index >= 15 is 0 Å². The van der Waals surface area contributed by atoms with E-state index in [1.165, 1.54) is 11.3 Å². The number of methoxy groups -OCH3 is 1. The predicted octanol–water partition coefficient (Wildman–Crippen LogP) is 2.41. The number of piperazine rings is 1. The van der Waals surface area contributed by atoms with Crippen molar-refractivity contribution in [1.82, 2.24) is 20.3 Å². The van der Waals surface area contributed by atoms with Gasteiger partial charge in [-0.3, -0.25) is 4.79 Å². The first-order valence-electron chi connectivity index (χ1n) is 10.0. The van der Waals surface area contributed by atoms with E-state index in [9.17, 15) is 4.79 Å². The van der Waals surface area contributed by atoms with Crippen LogP contribution in [0.4, 0.5) is 11.6 Å². The lowest BCUT2D eigenvalue weighted by atomic mass is 10.1. The minimum Gasteiger partial charge on any atom is -0.383 e. The number of fused-ring (bicyclic) bond motifs is 1. The third kappa shape index (κ3) is 4.08. The molecule has 4 rings (SSSR count). The highest BCUT2D eigenvalue weighted by molar-refractivity contribution is 7.20. The molecular weight excluding hydrogens is 400 g/mol. The average molecular weight is 427 g/mol. The molecule has 0 unspecified atom stereocenters. The van der Waals surface area contributed by atoms with Crippen LogP contribution < -0.4 is 15.1 Å². The third-order valence-electron chi connectivity index (χ3n) is 5.23. The first-order valence-corrected chi connectivity index (χ1v) is 10.9. The highest BCUT2D eigenvalue weighted by Crippen LogP contribution is 2.36. The van der Waals surface area contributed by atoms with Crippen LogP contribution in [0.15, 0.2) is 24.4 Å². The summed E-state index contributed by atoms with van der Waals surface area (Å²) in [5, 5.41) is 3.89. The number of hydrogen-bond donors (Lipinski definition) is 1. The Kier molecular flexibility index (Phi) is 6.10. The van der Waals surface area contributed by atoms with Crippen molar-refractivity contribution in [2.24, 2.45) is 0 Å². The molecule has 1 amide bonds. The molecule has 3 aromatic heterocycles. The number of aromatic nitrogens is 3. The van der Waals surface area contributed by atoms with Crippen LogP contribution in [0.2, 0.25) is 0 Å². The number of rotatable bonds is 6. The fourth-order valence-corrected chi connectivity index (χ4v) is 4.84. The molecule has 1 aliphatic rings. The molecule has 1 saturated heterocycles. The highest BCUT2D eigenvalue weighted by Gasteiger charge is 2.25. The maximum Gasteiger partial charge on any atom is 0.261 e. The molecule has 1 N–H and O–H groups in total. The Morgan fingerprint density at radius 3 is 2.63 bits per heavy atom. The van der Waals surface area contributed by atoms with E-state index in [0.29, 0.717) is 18.0 Å². The Balaban J connectivity index is 1.59. The molecule has 0 bridgehead atoms. The van der Waals surface area contributed by atoms with Gasteiger partial charge in [0.2, 0.25) is 0 Å². The number of thiophene rings is 1. The number of nitrogens with one attached hydrogen (secondary N) is 1. The molecule has 0 atom stereocenters. The van der Waals surface area contributed by atoms with Gasteiger partial charge in [0.1, 0.15) is 22.3 Å². The van der Waals surface area contributed by atoms with E-state index < -0.39 is 0 Å². The normalized spacial score (nSPS) is 14.4. The van der Waals surface area contributed by atoms with Crippen molar-refractivity contribution < 1.29 is 9.53 Å². The van der Waals surface area contributed by atoms with E-state index in [-0.39, 0.29) is 5.91 Å². The monoisotopic (exact) mass is 426 g/mol. The minimum atomic E-state index is -0.0869. The summed E-state index contributed by atoms with van der Waals surface area (Å²) in [6.07, 6.45) is 1.83. The van der Waals surface area contributed by atoms with Gasteiger partial charge < -0.3 is 19.9 Å². The molecule has 0 spiro atoms. The van der Waals surface area contributed by atoms with Crippen molar-refractivity contribution in [3.63, 3.8) is 0 Å². The van der Waals surface area contributed by atoms with Gasteiger partial charge in [-0.15, -0.1) is 11.3 Å². The van der Waals surface area contributed by atoms with Crippen molar-refractivity contribution in [2.45, 2.75) is 13.8 Å². The number of pyridine rings is 1. The van der Waals surface area contributed by atoms with Gasteiger partial charge in [-0.2, -0.15) is 0 Å². The maximum absolute atomic E-state index is 12.7. The van der Waals surface area contributed by atoms with Gasteiger partial charge in [-0.1, -0.05) is 6.07 Å². The van der Waals surface area contributed by atoms with Crippen LogP contribution in [0.5, 0.6) is 0 Å². The Morgan fingerprint density at radius 2 is 1.93 bits per heavy atom. The molecule has 4 heterocycles. The molecule has 9 heteroatoms. The fraction of sp³-hybridized carbons (Fsp3) is 0.429. The minimum absolute atomic E-state index is 0.0869. The Bertz CT molecular complexity index is 1030. The van der Waals surface area contributed by atoms with Gasteiger partial charge in [0.15, 0.2) is 0 Å². The lowest BCUT2D eigenvalue weighted by Crippen LogP contribution is -2.47. The van der Waals surface area contributed by atoms with Crippen LogP contribution in [-0.2, 0) is 4.74 Å². The van der Waals surface area contributed by atoms with E-state index in [2.05, 4.69) is 25.1 Å². The summed E-state index contributed by atoms with van der Waals surface area (Å²) in [6, 6.07) is 5.99. The molecule has 158 valence electrons. The van der Waals surface area contributed by atoms with Crippen LogP contribution in [0.25, 0.3) is 10.2 Å². The van der Waals surface area contributed by atoms with Crippen molar-refractivity contribution in [2.75, 3.05) is 56.2 Å². The summed E-state index contributed by atoms with van der Waals surface area (Å²) in [5.74, 6) is 2.55. The van der Waals surface area contributed by atoms with E-state index in [1.807, 2.05) is 38.2 Å². The summed E-state index contributed by atoms with van der Waals surface area (Å²) < 4.78 is 5.02. The first kappa shape index (κ1) is 20.5. The SMILES string of the molecule is COCCNC(=O)c1sc2nc(C)nc(N3CCN(c4ccccn4)CC3)c2c1C. The lowest BCUT2D eigenvalue weighted by molar-refractivity contribution is 0.0940. The highest BCUT2D eigenvalue weighted by atomic mass is 32.1. The second-order valence-electron chi connectivity index (χ2n) is 7.24. The number of nitrogens with zero attached hydrogens (tertiary/aromatic N) is 5. The zero-order valence-electron chi connectivity index (χ0n) is 17.5. The first-order chi connectivity index (χ1) is 14.6. The molecular formula is C21H26N6O2S. The van der Waals surface area contributed by atoms with Gasteiger partial charge in [0.05, 0.1) is 16.9 Å². The van der Waals surface area contributed by atoms with Crippen LogP contribution in [-0.4, -0.2) is 67.3 Å². The quantitative estimate of drug-likeness (QED) is 0.606. The molecule has 0 aliphatic carbocycles. The number of carbonyl (C=O) groups is 1. The molecule has 1 aliphatic heterocycles. The van der Waals surface area contributed by atoms with Gasteiger partial charge in [-0.25, -0.2) is 15.0 Å². The summed E-state index contributed by atoms with van der Waals surface area (Å²) in [6.45, 7) is 8.27. The van der Waals surface area contributed by atoms with E-state index in [1.54, 1.807) is 7.11 Å². The topological polar surface area (TPSA) is 83.5 Å². The van der Waals surface area contributed by atoms with E-state index in [4.69, 9.17) is 9.72 Å². The Morgan fingerprint density at radius 1 is 1.17 bits per heavy atom. The summed E-state index contributed by atoms with van der Waals surface area (Å²) in [4.78, 5) is 32.6. The standard InChI is InChI=1S/C21H26N6O2S/c1-14-17-19(27-11-9-26(10-12-27)16-6-4-5-7-22-16)24-15(2)25-21(17)30-18(14)20(28)23-8-13-29-3/h4-7H,8-13H2,1-3H3,(H,23,28). The second-order valence-corrected chi connectivity index (χ2v) is 8.24. The molecule has 0 saturated carbocycles. The van der Waals surface area contributed by atoms with Crippen LogP contribution in [0.3, 0.4) is 0 Å². The van der Waals surface area contributed by atoms with Crippen LogP contribution >= 0.6 is 11.3 Å². The van der Waals surface area contributed by atoms with Crippen molar-refractivity contribution in [3.05, 3.63) is 40.7 Å². The lowest BCUT2D eigenvalue weighted by Gasteiger charge is -2.36. The average Bonchev–Trinajstić information content (AvgIpc) is 3.10. The Hall–Kier alpha value is -2.78. The number of carbonyl (C=O) groups excluding carboxylic acids is 1. The van der Waals surface area contributed by atoms with Crippen LogP contribution in [0, 0.1) is 13.8 Å². The van der Waals surface area contributed by atoms with Gasteiger partial charge in [0, 0.05) is 46.0 Å². The van der Waals surface area contributed by atoms with Gasteiger partial charge in [0.25, 0.3) is 5.91 Å². The number of hydrogen-bond acceptors (Lipinski definition) is 8. The van der Waals surface area contributed by atoms with Crippen molar-refractivity contribution >= 4 is 39.1 Å². The fourth-order valence-electron chi connectivity index (χ4n) is 3.70. The zero-order chi connectivity index (χ0) is 21.1. The predicted molar refractivity (Wildman–Crippen MR) is 120 cm³/mol. The second kappa shape index (κ2) is 8.93. The summed E-state index contributed by atoms with van der Waals surface area (Å²) in [5.41, 5.74) is 0.937. The number of aryl methyl sites for hydroxylation is 2. The smallest absolute Gasteiger partial charge is 0.261 e. The Labute approximate surface area is 179 Å². The molecule has 8 nitrogen and oxygen atoms in total. The number of amides is 1. The number of anilines is 2. The largest absolute Gasteiger partial charge is 0.383 e. The zero-order valence-corrected chi connectivity index (χ0v) is 18.3. The van der Waals surface area contributed by atoms with E-state index in [0.717, 1.165) is 59.4 Å². The molecule has 30 heavy (non-hydrogen) atoms. The summed E-state index contributed by atoms with van der Waals surface area (Å²) >= 11 is 1.43.